The van der Waals surface area contributed by atoms with Crippen LogP contribution in [-0.2, 0) is 4.79 Å². The van der Waals surface area contributed by atoms with Crippen molar-refractivity contribution in [2.75, 3.05) is 12.4 Å². The van der Waals surface area contributed by atoms with Gasteiger partial charge in [-0.25, -0.2) is 8.78 Å². The minimum atomic E-state index is -0.716. The van der Waals surface area contributed by atoms with E-state index in [0.29, 0.717) is 22.5 Å². The lowest BCUT2D eigenvalue weighted by molar-refractivity contribution is -0.111. The number of methoxy groups -OCH3 is 1. The fourth-order valence-electron chi connectivity index (χ4n) is 3.89. The van der Waals surface area contributed by atoms with E-state index in [-0.39, 0.29) is 5.69 Å². The molecule has 0 unspecified atom stereocenters. The number of hydrogen-bond donors (Lipinski definition) is 1. The number of furan rings is 1. The number of fused-ring (bicyclic) bond motifs is 1. The molecule has 168 valence electrons. The lowest BCUT2D eigenvalue weighted by Gasteiger charge is -2.11. The van der Waals surface area contributed by atoms with Crippen LogP contribution in [0.1, 0.15) is 23.6 Å². The molecule has 0 spiro atoms. The van der Waals surface area contributed by atoms with Gasteiger partial charge in [0.15, 0.2) is 0 Å². The van der Waals surface area contributed by atoms with E-state index < -0.39 is 17.5 Å². The molecule has 1 N–H and O–H groups in total. The summed E-state index contributed by atoms with van der Waals surface area (Å²) in [5.74, 6) is -1.41. The molecule has 6 heteroatoms. The molecule has 4 rings (SSSR count). The lowest BCUT2D eigenvalue weighted by atomic mass is 9.96. The van der Waals surface area contributed by atoms with Crippen molar-refractivity contribution in [2.45, 2.75) is 20.8 Å². The van der Waals surface area contributed by atoms with Crippen molar-refractivity contribution in [1.29, 1.82) is 0 Å². The summed E-state index contributed by atoms with van der Waals surface area (Å²) in [6, 6.07) is 12.8. The predicted octanol–water partition coefficient (Wildman–Crippen LogP) is 7.05. The quantitative estimate of drug-likeness (QED) is 0.334. The molecule has 1 aromatic heterocycles. The Morgan fingerprint density at radius 3 is 2.55 bits per heavy atom. The number of ether oxygens (including phenoxy) is 1. The van der Waals surface area contributed by atoms with Gasteiger partial charge in [-0.1, -0.05) is 23.8 Å². The monoisotopic (exact) mass is 447 g/mol. The molecule has 0 aliphatic rings. The first-order valence-electron chi connectivity index (χ1n) is 10.4. The first-order valence-corrected chi connectivity index (χ1v) is 10.4. The Kier molecular flexibility index (Phi) is 6.01. The van der Waals surface area contributed by atoms with E-state index in [4.69, 9.17) is 9.15 Å². The number of carbonyl (C=O) groups is 1. The van der Waals surface area contributed by atoms with Gasteiger partial charge in [0.2, 0.25) is 5.91 Å². The Balaban J connectivity index is 1.74. The Morgan fingerprint density at radius 2 is 1.82 bits per heavy atom. The smallest absolute Gasteiger partial charge is 0.248 e. The van der Waals surface area contributed by atoms with Crippen molar-refractivity contribution in [2.24, 2.45) is 0 Å². The normalized spacial score (nSPS) is 11.6. The topological polar surface area (TPSA) is 51.5 Å². The second-order valence-electron chi connectivity index (χ2n) is 7.96. The van der Waals surface area contributed by atoms with E-state index in [0.717, 1.165) is 40.3 Å². The molecule has 0 fully saturated rings. The number of rotatable bonds is 5. The number of halogens is 2. The van der Waals surface area contributed by atoms with Gasteiger partial charge >= 0.3 is 0 Å². The van der Waals surface area contributed by atoms with Gasteiger partial charge in [0, 0.05) is 34.7 Å². The first kappa shape index (κ1) is 22.3. The molecule has 1 amide bonds. The van der Waals surface area contributed by atoms with Gasteiger partial charge < -0.3 is 14.5 Å². The van der Waals surface area contributed by atoms with Gasteiger partial charge in [-0.3, -0.25) is 4.79 Å². The highest BCUT2D eigenvalue weighted by atomic mass is 19.1. The van der Waals surface area contributed by atoms with E-state index in [1.165, 1.54) is 18.7 Å². The van der Waals surface area contributed by atoms with Gasteiger partial charge in [0.1, 0.15) is 23.0 Å². The third-order valence-corrected chi connectivity index (χ3v) is 5.53. The molecule has 0 aliphatic heterocycles. The van der Waals surface area contributed by atoms with Crippen LogP contribution >= 0.6 is 0 Å². The summed E-state index contributed by atoms with van der Waals surface area (Å²) in [6.07, 6.45) is 3.04. The average Bonchev–Trinajstić information content (AvgIpc) is 3.18. The number of carbonyl (C=O) groups excluding carboxylic acids is 1. The summed E-state index contributed by atoms with van der Waals surface area (Å²) in [5.41, 5.74) is 6.00. The molecular formula is C27H23F2NO3. The molecule has 4 aromatic rings. The molecule has 0 bridgehead atoms. The van der Waals surface area contributed by atoms with Crippen molar-refractivity contribution in [3.05, 3.63) is 89.2 Å². The fraction of sp³-hybridized carbons (Fsp3) is 0.148. The van der Waals surface area contributed by atoms with E-state index >= 15 is 0 Å². The minimum Gasteiger partial charge on any atom is -0.496 e. The third-order valence-electron chi connectivity index (χ3n) is 5.53. The zero-order valence-electron chi connectivity index (χ0n) is 18.8. The van der Waals surface area contributed by atoms with Gasteiger partial charge in [-0.2, -0.15) is 0 Å². The molecule has 0 radical (unpaired) electrons. The largest absolute Gasteiger partial charge is 0.496 e. The molecule has 1 heterocycles. The number of allylic oxidation sites excluding steroid dienone is 1. The summed E-state index contributed by atoms with van der Waals surface area (Å²) in [6.45, 7) is 5.84. The standard InChI is InChI=1S/C27H23F2NO3/c1-15-5-7-19(16(2)9-15)22-14-33-26-13-25(32-4)20(12-21(22)26)17(3)10-27(31)30-24-11-18(28)6-8-23(24)29/h5-14H,1-4H3,(H,30,31)/b17-10+. The van der Waals surface area contributed by atoms with E-state index in [1.807, 2.05) is 26.0 Å². The molecule has 33 heavy (non-hydrogen) atoms. The summed E-state index contributed by atoms with van der Waals surface area (Å²) in [4.78, 5) is 12.5. The maximum Gasteiger partial charge on any atom is 0.248 e. The molecule has 0 aliphatic carbocycles. The SMILES string of the molecule is COc1cc2occ(-c3ccc(C)cc3C)c2cc1/C(C)=C/C(=O)Nc1cc(F)ccc1F. The van der Waals surface area contributed by atoms with Gasteiger partial charge in [0.05, 0.1) is 19.1 Å². The van der Waals surface area contributed by atoms with Crippen LogP contribution in [0, 0.1) is 25.5 Å². The molecule has 0 saturated heterocycles. The molecule has 3 aromatic carbocycles. The Labute approximate surface area is 190 Å². The van der Waals surface area contributed by atoms with Crippen LogP contribution in [0.5, 0.6) is 5.75 Å². The lowest BCUT2D eigenvalue weighted by Crippen LogP contribution is -2.10. The maximum absolute atomic E-state index is 13.9. The van der Waals surface area contributed by atoms with Crippen molar-refractivity contribution in [3.63, 3.8) is 0 Å². The highest BCUT2D eigenvalue weighted by Crippen LogP contribution is 2.38. The van der Waals surface area contributed by atoms with Crippen LogP contribution in [0.4, 0.5) is 14.5 Å². The Hall–Kier alpha value is -3.93. The average molecular weight is 447 g/mol. The molecule has 4 nitrogen and oxygen atoms in total. The van der Waals surface area contributed by atoms with Crippen molar-refractivity contribution >= 4 is 28.1 Å². The van der Waals surface area contributed by atoms with Crippen LogP contribution in [0.15, 0.2) is 65.3 Å². The number of amides is 1. The number of aryl methyl sites for hydroxylation is 2. The molecule has 0 saturated carbocycles. The second-order valence-corrected chi connectivity index (χ2v) is 7.96. The molecule has 0 atom stereocenters. The number of nitrogens with one attached hydrogen (secondary N) is 1. The van der Waals surface area contributed by atoms with Crippen LogP contribution < -0.4 is 10.1 Å². The first-order chi connectivity index (χ1) is 15.8. The van der Waals surface area contributed by atoms with Crippen molar-refractivity contribution < 1.29 is 22.7 Å². The zero-order chi connectivity index (χ0) is 23.7. The van der Waals surface area contributed by atoms with Gasteiger partial charge in [0.25, 0.3) is 0 Å². The Morgan fingerprint density at radius 1 is 1.03 bits per heavy atom. The van der Waals surface area contributed by atoms with Crippen LogP contribution in [0.3, 0.4) is 0 Å². The van der Waals surface area contributed by atoms with E-state index in [1.54, 1.807) is 19.3 Å². The highest BCUT2D eigenvalue weighted by Gasteiger charge is 2.16. The number of hydrogen-bond acceptors (Lipinski definition) is 3. The zero-order valence-corrected chi connectivity index (χ0v) is 18.8. The summed E-state index contributed by atoms with van der Waals surface area (Å²) < 4.78 is 38.6. The summed E-state index contributed by atoms with van der Waals surface area (Å²) >= 11 is 0. The van der Waals surface area contributed by atoms with E-state index in [2.05, 4.69) is 17.4 Å². The maximum atomic E-state index is 13.9. The highest BCUT2D eigenvalue weighted by molar-refractivity contribution is 6.05. The van der Waals surface area contributed by atoms with Gasteiger partial charge in [-0.15, -0.1) is 0 Å². The third kappa shape index (κ3) is 4.51. The van der Waals surface area contributed by atoms with Crippen LogP contribution in [0.2, 0.25) is 0 Å². The van der Waals surface area contributed by atoms with Crippen LogP contribution in [0.25, 0.3) is 27.7 Å². The number of anilines is 1. The van der Waals surface area contributed by atoms with Crippen molar-refractivity contribution in [3.8, 4) is 16.9 Å². The summed E-state index contributed by atoms with van der Waals surface area (Å²) in [7, 11) is 1.54. The summed E-state index contributed by atoms with van der Waals surface area (Å²) in [5, 5.41) is 3.26. The fourth-order valence-corrected chi connectivity index (χ4v) is 3.89. The van der Waals surface area contributed by atoms with Crippen molar-refractivity contribution in [1.82, 2.24) is 0 Å². The van der Waals surface area contributed by atoms with Gasteiger partial charge in [-0.05, 0) is 55.7 Å². The number of benzene rings is 3. The molecular weight excluding hydrogens is 424 g/mol. The predicted molar refractivity (Wildman–Crippen MR) is 126 cm³/mol. The minimum absolute atomic E-state index is 0.224. The van der Waals surface area contributed by atoms with E-state index in [9.17, 15) is 13.6 Å². The Bertz CT molecular complexity index is 1400. The second kappa shape index (κ2) is 8.90. The van der Waals surface area contributed by atoms with Crippen LogP contribution in [-0.4, -0.2) is 13.0 Å².